The van der Waals surface area contributed by atoms with Gasteiger partial charge in [-0.15, -0.1) is 11.3 Å². The molecule has 6 nitrogen and oxygen atoms in total. The van der Waals surface area contributed by atoms with Gasteiger partial charge >= 0.3 is 5.97 Å². The highest BCUT2D eigenvalue weighted by atomic mass is 32.1. The van der Waals surface area contributed by atoms with Crippen molar-refractivity contribution < 1.29 is 14.3 Å². The van der Waals surface area contributed by atoms with E-state index in [9.17, 15) is 4.79 Å². The number of imidazole rings is 1. The van der Waals surface area contributed by atoms with Crippen LogP contribution in [0.15, 0.2) is 35.9 Å². The molecule has 6 fully saturated rings. The minimum Gasteiger partial charge on any atom is -0.462 e. The van der Waals surface area contributed by atoms with Crippen molar-refractivity contribution in [2.45, 2.75) is 138 Å². The quantitative estimate of drug-likeness (QED) is 0.249. The van der Waals surface area contributed by atoms with Crippen molar-refractivity contribution in [1.29, 1.82) is 0 Å². The number of carbonyl (C=O) groups excluding carboxylic acids is 2. The Kier molecular flexibility index (Phi) is 8.18. The Hall–Kier alpha value is -2.41. The maximum absolute atomic E-state index is 15.4. The van der Waals surface area contributed by atoms with Crippen LogP contribution in [0.3, 0.4) is 0 Å². The van der Waals surface area contributed by atoms with Gasteiger partial charge in [0.05, 0.1) is 28.2 Å². The van der Waals surface area contributed by atoms with E-state index >= 15 is 4.79 Å². The Bertz CT molecular complexity index is 1660. The molecule has 272 valence electrons. The summed E-state index contributed by atoms with van der Waals surface area (Å²) in [7, 11) is 0. The van der Waals surface area contributed by atoms with Gasteiger partial charge in [0.1, 0.15) is 11.9 Å². The van der Waals surface area contributed by atoms with E-state index in [1.165, 1.54) is 36.1 Å². The molecule has 11 atom stereocenters. The molecule has 3 heterocycles. The average molecular weight is 700 g/mol. The van der Waals surface area contributed by atoms with E-state index in [4.69, 9.17) is 9.72 Å². The monoisotopic (exact) mass is 699 g/mol. The molecule has 1 amide bonds. The zero-order valence-corrected chi connectivity index (χ0v) is 32.6. The Morgan fingerprint density at radius 2 is 1.74 bits per heavy atom. The predicted octanol–water partition coefficient (Wildman–Crippen LogP) is 10.4. The fraction of sp³-hybridized carbons (Fsp3) is 0.744. The minimum atomic E-state index is -0.312. The summed E-state index contributed by atoms with van der Waals surface area (Å²) >= 11 is 1.72. The number of thiophene rings is 1. The standard InChI is InChI=1S/C43H61N3O3S/c1-26(2)28-15-20-43(38(48)46-23-9-11-31(46)37-44-25-30(45-37)32-12-10-24-50-32)22-21-41(7)29(36(28)43)13-14-34-40(6)18-17-35(49-27(3)47)39(4,5)33(40)16-19-42(34,41)8/h10,12,24-25,28-29,31,33-36H,1,9,11,13-23H2,2-8H3,(H,44,45)/t28-,29+,31-,33-,34+,35-,36+,40-,41+,42+,43-/m0/s1. The summed E-state index contributed by atoms with van der Waals surface area (Å²) in [5, 5.41) is 2.10. The van der Waals surface area contributed by atoms with Crippen LogP contribution in [-0.2, 0) is 14.3 Å². The van der Waals surface area contributed by atoms with Gasteiger partial charge < -0.3 is 14.6 Å². The molecule has 5 aliphatic carbocycles. The molecule has 1 saturated heterocycles. The van der Waals surface area contributed by atoms with E-state index < -0.39 is 0 Å². The lowest BCUT2D eigenvalue weighted by molar-refractivity contribution is -0.249. The molecular weight excluding hydrogens is 639 g/mol. The molecule has 50 heavy (non-hydrogen) atoms. The van der Waals surface area contributed by atoms with E-state index in [0.717, 1.165) is 69.4 Å². The second-order valence-corrected chi connectivity index (χ2v) is 20.1. The van der Waals surface area contributed by atoms with Gasteiger partial charge in [-0.3, -0.25) is 9.59 Å². The van der Waals surface area contributed by atoms with Gasteiger partial charge in [0.2, 0.25) is 5.91 Å². The SMILES string of the molecule is C=C(C)[C@@H]1CC[C@]2(C(=O)N3CCC[C@H]3c3ncc(-c4cccs4)[nH]3)CC[C@]3(C)[C@H](CC[C@@H]4[C@@]5(C)CC[C@H](OC(C)=O)C(C)(C)[C@@H]5CC[C@]43C)[C@@H]12. The molecule has 7 heteroatoms. The molecule has 2 aromatic rings. The second-order valence-electron chi connectivity index (χ2n) is 19.1. The fourth-order valence-electron chi connectivity index (χ4n) is 14.5. The van der Waals surface area contributed by atoms with Crippen LogP contribution < -0.4 is 0 Å². The van der Waals surface area contributed by atoms with Crippen molar-refractivity contribution in [3.05, 3.63) is 41.7 Å². The molecule has 1 aliphatic heterocycles. The summed E-state index contributed by atoms with van der Waals surface area (Å²) in [5.74, 6) is 3.68. The molecule has 6 aliphatic rings. The summed E-state index contributed by atoms with van der Waals surface area (Å²) in [4.78, 5) is 39.4. The van der Waals surface area contributed by atoms with Crippen LogP contribution in [0.4, 0.5) is 0 Å². The number of aromatic amines is 1. The Morgan fingerprint density at radius 1 is 0.940 bits per heavy atom. The molecule has 0 spiro atoms. The third-order valence-electron chi connectivity index (χ3n) is 17.0. The normalized spacial score (nSPS) is 43.3. The topological polar surface area (TPSA) is 75.3 Å². The third-order valence-corrected chi connectivity index (χ3v) is 17.9. The number of nitrogens with zero attached hydrogens (tertiary/aromatic N) is 2. The molecule has 2 aromatic heterocycles. The summed E-state index contributed by atoms with van der Waals surface area (Å²) in [6, 6.07) is 4.24. The number of rotatable bonds is 5. The van der Waals surface area contributed by atoms with Crippen LogP contribution in [0.2, 0.25) is 0 Å². The highest BCUT2D eigenvalue weighted by molar-refractivity contribution is 7.13. The van der Waals surface area contributed by atoms with Crippen LogP contribution in [0, 0.1) is 56.7 Å². The van der Waals surface area contributed by atoms with E-state index in [-0.39, 0.29) is 45.2 Å². The average Bonchev–Trinajstić information content (AvgIpc) is 3.88. The van der Waals surface area contributed by atoms with Crippen molar-refractivity contribution in [3.8, 4) is 10.6 Å². The first kappa shape index (κ1) is 34.7. The number of allylic oxidation sites excluding steroid dienone is 1. The molecular formula is C43H61N3O3S. The second kappa shape index (κ2) is 11.8. The van der Waals surface area contributed by atoms with Crippen LogP contribution >= 0.6 is 11.3 Å². The highest BCUT2D eigenvalue weighted by Gasteiger charge is 2.72. The van der Waals surface area contributed by atoms with Crippen molar-refractivity contribution in [2.75, 3.05) is 6.54 Å². The predicted molar refractivity (Wildman–Crippen MR) is 200 cm³/mol. The van der Waals surface area contributed by atoms with E-state index in [1.54, 1.807) is 18.3 Å². The molecule has 0 bridgehead atoms. The minimum absolute atomic E-state index is 0.00310. The summed E-state index contributed by atoms with van der Waals surface area (Å²) in [5.41, 5.74) is 2.61. The number of esters is 1. The number of hydrogen-bond acceptors (Lipinski definition) is 5. The maximum atomic E-state index is 15.4. The molecule has 8 rings (SSSR count). The van der Waals surface area contributed by atoms with Gasteiger partial charge in [0.15, 0.2) is 0 Å². The van der Waals surface area contributed by atoms with Crippen LogP contribution in [0.5, 0.6) is 0 Å². The number of H-pyrrole nitrogens is 1. The van der Waals surface area contributed by atoms with Crippen molar-refractivity contribution in [2.24, 2.45) is 56.7 Å². The lowest BCUT2D eigenvalue weighted by atomic mass is 9.32. The first-order valence-electron chi connectivity index (χ1n) is 19.9. The Labute approximate surface area is 304 Å². The largest absolute Gasteiger partial charge is 0.462 e. The van der Waals surface area contributed by atoms with E-state index in [0.29, 0.717) is 35.5 Å². The lowest BCUT2D eigenvalue weighted by Gasteiger charge is -2.73. The number of aromatic nitrogens is 2. The van der Waals surface area contributed by atoms with Crippen LogP contribution in [0.1, 0.15) is 137 Å². The number of hydrogen-bond donors (Lipinski definition) is 1. The molecule has 0 unspecified atom stereocenters. The van der Waals surface area contributed by atoms with Gasteiger partial charge in [-0.2, -0.15) is 0 Å². The highest BCUT2D eigenvalue weighted by Crippen LogP contribution is 2.78. The summed E-state index contributed by atoms with van der Waals surface area (Å²) < 4.78 is 5.99. The van der Waals surface area contributed by atoms with E-state index in [2.05, 4.69) is 75.5 Å². The van der Waals surface area contributed by atoms with Gasteiger partial charge in [-0.05, 0) is 141 Å². The maximum Gasteiger partial charge on any atom is 0.302 e. The first-order valence-corrected chi connectivity index (χ1v) is 20.8. The lowest BCUT2D eigenvalue weighted by Crippen LogP contribution is -2.67. The van der Waals surface area contributed by atoms with Gasteiger partial charge in [-0.25, -0.2) is 4.98 Å². The third kappa shape index (κ3) is 4.72. The van der Waals surface area contributed by atoms with Crippen LogP contribution in [-0.4, -0.2) is 39.4 Å². The first-order chi connectivity index (χ1) is 23.7. The van der Waals surface area contributed by atoms with Gasteiger partial charge in [0.25, 0.3) is 0 Å². The molecule has 0 radical (unpaired) electrons. The van der Waals surface area contributed by atoms with Crippen molar-refractivity contribution in [3.63, 3.8) is 0 Å². The van der Waals surface area contributed by atoms with Crippen molar-refractivity contribution in [1.82, 2.24) is 14.9 Å². The zero-order chi connectivity index (χ0) is 35.4. The van der Waals surface area contributed by atoms with Crippen molar-refractivity contribution >= 4 is 23.2 Å². The number of nitrogens with one attached hydrogen (secondary N) is 1. The Morgan fingerprint density at radius 3 is 2.46 bits per heavy atom. The summed E-state index contributed by atoms with van der Waals surface area (Å²) in [6.07, 6.45) is 15.2. The Balaban J connectivity index is 1.11. The molecule has 1 N–H and O–H groups in total. The summed E-state index contributed by atoms with van der Waals surface area (Å²) in [6.45, 7) is 22.0. The number of fused-ring (bicyclic) bond motifs is 7. The van der Waals surface area contributed by atoms with Gasteiger partial charge in [-0.1, -0.05) is 52.8 Å². The van der Waals surface area contributed by atoms with Gasteiger partial charge in [0, 0.05) is 18.9 Å². The molecule has 5 saturated carbocycles. The van der Waals surface area contributed by atoms with Crippen LogP contribution in [0.25, 0.3) is 10.6 Å². The van der Waals surface area contributed by atoms with E-state index in [1.807, 2.05) is 6.20 Å². The number of carbonyl (C=O) groups is 2. The number of amides is 1. The number of likely N-dealkylation sites (tertiary alicyclic amines) is 1. The molecule has 0 aromatic carbocycles. The fourth-order valence-corrected chi connectivity index (χ4v) is 15.2. The zero-order valence-electron chi connectivity index (χ0n) is 31.8. The smallest absolute Gasteiger partial charge is 0.302 e. The number of ether oxygens (including phenoxy) is 1.